The Bertz CT molecular complexity index is 855. The Morgan fingerprint density at radius 3 is 2.62 bits per heavy atom. The lowest BCUT2D eigenvalue weighted by Crippen LogP contribution is -2.34. The molecule has 1 aromatic carbocycles. The van der Waals surface area contributed by atoms with E-state index in [1.165, 1.54) is 0 Å². The van der Waals surface area contributed by atoms with Gasteiger partial charge in [0.1, 0.15) is 5.82 Å². The minimum absolute atomic E-state index is 0.0810. The van der Waals surface area contributed by atoms with Gasteiger partial charge in [0, 0.05) is 30.8 Å². The predicted molar refractivity (Wildman–Crippen MR) is 106 cm³/mol. The van der Waals surface area contributed by atoms with E-state index in [1.807, 2.05) is 48.3 Å². The van der Waals surface area contributed by atoms with Crippen molar-refractivity contribution in [2.75, 3.05) is 28.8 Å². The Hall–Kier alpha value is -2.15. The summed E-state index contributed by atoms with van der Waals surface area (Å²) in [4.78, 5) is 11.3. The van der Waals surface area contributed by atoms with Gasteiger partial charge in [0.2, 0.25) is 5.95 Å². The molecule has 1 saturated heterocycles. The van der Waals surface area contributed by atoms with Crippen molar-refractivity contribution in [1.82, 2.24) is 9.97 Å². The average molecular weight is 375 g/mol. The molecule has 0 radical (unpaired) electrons. The van der Waals surface area contributed by atoms with Gasteiger partial charge in [0.25, 0.3) is 0 Å². The second-order valence-corrected chi connectivity index (χ2v) is 9.15. The fourth-order valence-electron chi connectivity index (χ4n) is 3.02. The first kappa shape index (κ1) is 18.6. The predicted octanol–water partition coefficient (Wildman–Crippen LogP) is 2.98. The second-order valence-electron chi connectivity index (χ2n) is 6.93. The largest absolute Gasteiger partial charge is 0.367 e. The molecule has 1 aromatic heterocycles. The van der Waals surface area contributed by atoms with Gasteiger partial charge in [-0.2, -0.15) is 4.98 Å². The lowest BCUT2D eigenvalue weighted by molar-refractivity contribution is 0.600. The van der Waals surface area contributed by atoms with Crippen LogP contribution in [0.25, 0.3) is 11.3 Å². The van der Waals surface area contributed by atoms with E-state index in [4.69, 9.17) is 4.98 Å². The van der Waals surface area contributed by atoms with Crippen LogP contribution in [0.2, 0.25) is 0 Å². The average Bonchev–Trinajstić information content (AvgIpc) is 3.01. The van der Waals surface area contributed by atoms with Crippen LogP contribution in [0.15, 0.2) is 36.4 Å². The van der Waals surface area contributed by atoms with E-state index in [2.05, 4.69) is 24.1 Å². The third-order valence-electron chi connectivity index (χ3n) is 4.86. The molecule has 0 amide bonds. The van der Waals surface area contributed by atoms with Gasteiger partial charge < -0.3 is 10.2 Å². The molecule has 0 saturated carbocycles. The maximum absolute atomic E-state index is 11.8. The molecule has 2 atom stereocenters. The summed E-state index contributed by atoms with van der Waals surface area (Å²) in [5.74, 6) is 1.71. The molecule has 3 rings (SSSR count). The van der Waals surface area contributed by atoms with E-state index in [-0.39, 0.29) is 17.5 Å². The molecular weight excluding hydrogens is 348 g/mol. The molecule has 0 aliphatic carbocycles. The summed E-state index contributed by atoms with van der Waals surface area (Å²) < 4.78 is 23.7. The number of nitrogens with one attached hydrogen (secondary N) is 1. The second kappa shape index (κ2) is 7.61. The van der Waals surface area contributed by atoms with Crippen molar-refractivity contribution in [3.8, 4) is 11.3 Å². The lowest BCUT2D eigenvalue weighted by Gasteiger charge is -2.25. The van der Waals surface area contributed by atoms with Crippen molar-refractivity contribution in [1.29, 1.82) is 0 Å². The highest BCUT2D eigenvalue weighted by Gasteiger charge is 2.32. The van der Waals surface area contributed by atoms with Crippen LogP contribution in [0.1, 0.15) is 26.7 Å². The maximum atomic E-state index is 11.8. The van der Waals surface area contributed by atoms with Crippen molar-refractivity contribution >= 4 is 21.6 Å². The summed E-state index contributed by atoms with van der Waals surface area (Å²) in [7, 11) is -1.08. The van der Waals surface area contributed by atoms with Crippen LogP contribution in [0.4, 0.5) is 11.8 Å². The minimum atomic E-state index is -2.96. The number of hydrogen-bond donors (Lipinski definition) is 1. The fraction of sp³-hybridized carbons (Fsp3) is 0.474. The molecule has 2 aromatic rings. The summed E-state index contributed by atoms with van der Waals surface area (Å²) >= 11 is 0. The van der Waals surface area contributed by atoms with E-state index in [1.54, 1.807) is 0 Å². The number of hydrogen-bond acceptors (Lipinski definition) is 6. The SMILES string of the molecule is CCC(C)Nc1cc(-c2ccccc2)nc(N(C)C2CCS(=O)(=O)C2)n1. The smallest absolute Gasteiger partial charge is 0.227 e. The molecule has 6 nitrogen and oxygen atoms in total. The number of rotatable bonds is 6. The number of aromatic nitrogens is 2. The normalized spacial score (nSPS) is 19.9. The summed E-state index contributed by atoms with van der Waals surface area (Å²) in [6, 6.07) is 12.1. The van der Waals surface area contributed by atoms with Gasteiger partial charge in [0.15, 0.2) is 9.84 Å². The summed E-state index contributed by atoms with van der Waals surface area (Å²) in [6.07, 6.45) is 1.60. The number of anilines is 2. The fourth-order valence-corrected chi connectivity index (χ4v) is 4.80. The van der Waals surface area contributed by atoms with Crippen LogP contribution in [-0.2, 0) is 9.84 Å². The van der Waals surface area contributed by atoms with Gasteiger partial charge in [-0.25, -0.2) is 13.4 Å². The maximum Gasteiger partial charge on any atom is 0.227 e. The van der Waals surface area contributed by atoms with Crippen molar-refractivity contribution in [2.45, 2.75) is 38.8 Å². The Morgan fingerprint density at radius 1 is 1.27 bits per heavy atom. The molecule has 7 heteroatoms. The van der Waals surface area contributed by atoms with Crippen LogP contribution >= 0.6 is 0 Å². The van der Waals surface area contributed by atoms with Crippen LogP contribution in [0, 0.1) is 0 Å². The van der Waals surface area contributed by atoms with Crippen molar-refractivity contribution in [2.24, 2.45) is 0 Å². The molecular formula is C19H26N4O2S. The Labute approximate surface area is 155 Å². The van der Waals surface area contributed by atoms with Gasteiger partial charge in [-0.15, -0.1) is 0 Å². The topological polar surface area (TPSA) is 75.2 Å². The van der Waals surface area contributed by atoms with Gasteiger partial charge in [0.05, 0.1) is 17.2 Å². The third-order valence-corrected chi connectivity index (χ3v) is 6.61. The van der Waals surface area contributed by atoms with Crippen molar-refractivity contribution < 1.29 is 8.42 Å². The molecule has 1 aliphatic heterocycles. The Kier molecular flexibility index (Phi) is 5.46. The zero-order valence-electron chi connectivity index (χ0n) is 15.5. The number of benzene rings is 1. The number of nitrogens with zero attached hydrogens (tertiary/aromatic N) is 3. The first-order valence-corrected chi connectivity index (χ1v) is 10.8. The molecule has 1 N–H and O–H groups in total. The highest BCUT2D eigenvalue weighted by molar-refractivity contribution is 7.91. The van der Waals surface area contributed by atoms with E-state index >= 15 is 0 Å². The van der Waals surface area contributed by atoms with E-state index in [9.17, 15) is 8.42 Å². The summed E-state index contributed by atoms with van der Waals surface area (Å²) in [5.41, 5.74) is 1.84. The molecule has 0 spiro atoms. The highest BCUT2D eigenvalue weighted by atomic mass is 32.2. The molecule has 1 aliphatic rings. The minimum Gasteiger partial charge on any atom is -0.367 e. The first-order valence-electron chi connectivity index (χ1n) is 9.02. The van der Waals surface area contributed by atoms with Crippen LogP contribution < -0.4 is 10.2 Å². The van der Waals surface area contributed by atoms with Crippen molar-refractivity contribution in [3.63, 3.8) is 0 Å². The van der Waals surface area contributed by atoms with E-state index in [0.717, 1.165) is 23.5 Å². The van der Waals surface area contributed by atoms with E-state index in [0.29, 0.717) is 18.4 Å². The molecule has 2 heterocycles. The molecule has 140 valence electrons. The first-order chi connectivity index (χ1) is 12.4. The molecule has 1 fully saturated rings. The third kappa shape index (κ3) is 4.33. The van der Waals surface area contributed by atoms with Gasteiger partial charge in [-0.05, 0) is 19.8 Å². The Morgan fingerprint density at radius 2 is 2.00 bits per heavy atom. The van der Waals surface area contributed by atoms with Gasteiger partial charge in [-0.1, -0.05) is 37.3 Å². The van der Waals surface area contributed by atoms with Crippen LogP contribution in [0.5, 0.6) is 0 Å². The summed E-state index contributed by atoms with van der Waals surface area (Å²) in [5, 5.41) is 3.41. The van der Waals surface area contributed by atoms with Gasteiger partial charge >= 0.3 is 0 Å². The zero-order chi connectivity index (χ0) is 18.7. The quantitative estimate of drug-likeness (QED) is 0.838. The molecule has 2 unspecified atom stereocenters. The monoisotopic (exact) mass is 374 g/mol. The molecule has 26 heavy (non-hydrogen) atoms. The lowest BCUT2D eigenvalue weighted by atomic mass is 10.1. The zero-order valence-corrected chi connectivity index (χ0v) is 16.3. The number of sulfone groups is 1. The summed E-state index contributed by atoms with van der Waals surface area (Å²) in [6.45, 7) is 4.23. The van der Waals surface area contributed by atoms with Crippen LogP contribution in [-0.4, -0.2) is 49.0 Å². The van der Waals surface area contributed by atoms with Crippen molar-refractivity contribution in [3.05, 3.63) is 36.4 Å². The van der Waals surface area contributed by atoms with Crippen LogP contribution in [0.3, 0.4) is 0 Å². The molecule has 0 bridgehead atoms. The highest BCUT2D eigenvalue weighted by Crippen LogP contribution is 2.26. The van der Waals surface area contributed by atoms with Gasteiger partial charge in [-0.3, -0.25) is 0 Å². The Balaban J connectivity index is 1.96. The standard InChI is InChI=1S/C19H26N4O2S/c1-4-14(2)20-18-12-17(15-8-6-5-7-9-15)21-19(22-18)23(3)16-10-11-26(24,25)13-16/h5-9,12,14,16H,4,10-11,13H2,1-3H3,(H,20,21,22). The van der Waals surface area contributed by atoms with E-state index < -0.39 is 9.84 Å².